The average molecular weight is 610 g/mol. The SMILES string of the molecule is N#Cc1ccc(OC2CCN(Cc3ccc(NC(=O)Cc4cc(-c5cn(C6CCC(=O)NC6=O)nn5)cs4)cc3)CC2)cc1. The monoisotopic (exact) mass is 609 g/mol. The molecule has 3 amide bonds. The number of anilines is 1. The molecule has 6 rings (SSSR count). The van der Waals surface area contributed by atoms with E-state index in [-0.39, 0.29) is 36.7 Å². The van der Waals surface area contributed by atoms with Crippen LogP contribution in [0.2, 0.25) is 0 Å². The molecule has 2 aromatic carbocycles. The van der Waals surface area contributed by atoms with Crippen molar-refractivity contribution < 1.29 is 19.1 Å². The summed E-state index contributed by atoms with van der Waals surface area (Å²) in [6, 6.07) is 18.7. The van der Waals surface area contributed by atoms with Crippen molar-refractivity contribution in [1.82, 2.24) is 25.2 Å². The summed E-state index contributed by atoms with van der Waals surface area (Å²) >= 11 is 1.46. The van der Waals surface area contributed by atoms with Crippen LogP contribution in [-0.4, -0.2) is 56.8 Å². The first kappa shape index (κ1) is 29.2. The number of likely N-dealkylation sites (tertiary alicyclic amines) is 1. The van der Waals surface area contributed by atoms with Gasteiger partial charge in [0.1, 0.15) is 23.6 Å². The quantitative estimate of drug-likeness (QED) is 0.271. The van der Waals surface area contributed by atoms with Crippen LogP contribution >= 0.6 is 11.3 Å². The minimum absolute atomic E-state index is 0.109. The van der Waals surface area contributed by atoms with Gasteiger partial charge in [0.2, 0.25) is 11.8 Å². The van der Waals surface area contributed by atoms with Crippen LogP contribution < -0.4 is 15.4 Å². The highest BCUT2D eigenvalue weighted by Gasteiger charge is 2.29. The first-order valence-electron chi connectivity index (χ1n) is 14.5. The van der Waals surface area contributed by atoms with Gasteiger partial charge in [-0.1, -0.05) is 17.3 Å². The number of amides is 3. The largest absolute Gasteiger partial charge is 0.490 e. The molecule has 1 unspecified atom stereocenters. The van der Waals surface area contributed by atoms with Crippen molar-refractivity contribution in [2.75, 3.05) is 18.4 Å². The summed E-state index contributed by atoms with van der Waals surface area (Å²) < 4.78 is 7.58. The highest BCUT2D eigenvalue weighted by atomic mass is 32.1. The van der Waals surface area contributed by atoms with Gasteiger partial charge in [0.15, 0.2) is 0 Å². The number of benzene rings is 2. The van der Waals surface area contributed by atoms with E-state index in [4.69, 9.17) is 10.00 Å². The van der Waals surface area contributed by atoms with E-state index < -0.39 is 6.04 Å². The van der Waals surface area contributed by atoms with Crippen molar-refractivity contribution in [3.05, 3.63) is 82.2 Å². The Labute approximate surface area is 258 Å². The molecule has 2 fully saturated rings. The van der Waals surface area contributed by atoms with Gasteiger partial charge in [0, 0.05) is 47.6 Å². The summed E-state index contributed by atoms with van der Waals surface area (Å²) in [5, 5.41) is 24.5. The lowest BCUT2D eigenvalue weighted by Gasteiger charge is -2.32. The van der Waals surface area contributed by atoms with Gasteiger partial charge >= 0.3 is 0 Å². The Hall–Kier alpha value is -4.86. The van der Waals surface area contributed by atoms with Crippen LogP contribution in [0.4, 0.5) is 5.69 Å². The lowest BCUT2D eigenvalue weighted by atomic mass is 10.1. The third-order valence-electron chi connectivity index (χ3n) is 7.79. The Morgan fingerprint density at radius 1 is 1.09 bits per heavy atom. The van der Waals surface area contributed by atoms with E-state index in [0.717, 1.165) is 54.4 Å². The van der Waals surface area contributed by atoms with E-state index in [2.05, 4.69) is 31.9 Å². The molecule has 0 saturated carbocycles. The summed E-state index contributed by atoms with van der Waals surface area (Å²) in [4.78, 5) is 39.6. The molecule has 44 heavy (non-hydrogen) atoms. The summed E-state index contributed by atoms with van der Waals surface area (Å²) in [5.41, 5.74) is 3.99. The molecule has 0 bridgehead atoms. The molecular formula is C32H31N7O4S. The van der Waals surface area contributed by atoms with Crippen LogP contribution in [0.3, 0.4) is 0 Å². The number of nitrogens with one attached hydrogen (secondary N) is 2. The first-order valence-corrected chi connectivity index (χ1v) is 15.4. The van der Waals surface area contributed by atoms with Crippen molar-refractivity contribution in [1.29, 1.82) is 5.26 Å². The van der Waals surface area contributed by atoms with E-state index in [9.17, 15) is 14.4 Å². The zero-order valence-electron chi connectivity index (χ0n) is 23.9. The van der Waals surface area contributed by atoms with Gasteiger partial charge in [0.05, 0.1) is 24.3 Å². The van der Waals surface area contributed by atoms with Crippen LogP contribution in [-0.2, 0) is 27.3 Å². The number of ether oxygens (including phenoxy) is 1. The van der Waals surface area contributed by atoms with E-state index in [0.29, 0.717) is 17.7 Å². The van der Waals surface area contributed by atoms with Crippen molar-refractivity contribution >= 4 is 34.7 Å². The maximum atomic E-state index is 12.8. The van der Waals surface area contributed by atoms with Gasteiger partial charge in [-0.15, -0.1) is 16.4 Å². The van der Waals surface area contributed by atoms with Crippen LogP contribution in [0.15, 0.2) is 66.2 Å². The molecule has 2 aliphatic heterocycles. The normalized spacial score (nSPS) is 17.6. The Balaban J connectivity index is 0.950. The molecule has 224 valence electrons. The van der Waals surface area contributed by atoms with Crippen LogP contribution in [0.25, 0.3) is 11.3 Å². The van der Waals surface area contributed by atoms with Crippen LogP contribution in [0.1, 0.15) is 47.7 Å². The lowest BCUT2D eigenvalue weighted by Crippen LogP contribution is -2.41. The fourth-order valence-corrected chi connectivity index (χ4v) is 6.28. The molecule has 12 heteroatoms. The Bertz CT molecular complexity index is 1680. The molecular weight excluding hydrogens is 578 g/mol. The topological polar surface area (TPSA) is 142 Å². The zero-order valence-corrected chi connectivity index (χ0v) is 24.8. The minimum Gasteiger partial charge on any atom is -0.490 e. The fraction of sp³-hybridized carbons (Fsp3) is 0.312. The molecule has 1 atom stereocenters. The van der Waals surface area contributed by atoms with Gasteiger partial charge in [-0.3, -0.25) is 24.6 Å². The van der Waals surface area contributed by atoms with Gasteiger partial charge < -0.3 is 10.1 Å². The Morgan fingerprint density at radius 2 is 1.86 bits per heavy atom. The van der Waals surface area contributed by atoms with Crippen molar-refractivity contribution in [2.45, 2.75) is 50.8 Å². The molecule has 4 heterocycles. The minimum atomic E-state index is -0.558. The Kier molecular flexibility index (Phi) is 8.76. The average Bonchev–Trinajstić information content (AvgIpc) is 3.70. The zero-order chi connectivity index (χ0) is 30.5. The van der Waals surface area contributed by atoms with Crippen LogP contribution in [0, 0.1) is 11.3 Å². The van der Waals surface area contributed by atoms with Crippen molar-refractivity contribution in [3.8, 4) is 23.1 Å². The summed E-state index contributed by atoms with van der Waals surface area (Å²) in [6.07, 6.45) is 4.63. The van der Waals surface area contributed by atoms with E-state index >= 15 is 0 Å². The predicted molar refractivity (Wildman–Crippen MR) is 164 cm³/mol. The third kappa shape index (κ3) is 7.19. The lowest BCUT2D eigenvalue weighted by molar-refractivity contribution is -0.136. The summed E-state index contributed by atoms with van der Waals surface area (Å²) in [6.45, 7) is 2.72. The fourth-order valence-electron chi connectivity index (χ4n) is 5.40. The van der Waals surface area contributed by atoms with Crippen LogP contribution in [0.5, 0.6) is 5.75 Å². The predicted octanol–water partition coefficient (Wildman–Crippen LogP) is 4.08. The molecule has 0 radical (unpaired) electrons. The number of hydrogen-bond donors (Lipinski definition) is 2. The molecule has 2 saturated heterocycles. The number of imide groups is 1. The number of nitrogens with zero attached hydrogens (tertiary/aromatic N) is 5. The number of carbonyl (C=O) groups excluding carboxylic acids is 3. The van der Waals surface area contributed by atoms with E-state index in [1.807, 2.05) is 47.8 Å². The smallest absolute Gasteiger partial charge is 0.251 e. The second kappa shape index (κ2) is 13.2. The number of nitriles is 1. The van der Waals surface area contributed by atoms with Crippen molar-refractivity contribution in [2.24, 2.45) is 0 Å². The van der Waals surface area contributed by atoms with Gasteiger partial charge in [0.25, 0.3) is 5.91 Å². The van der Waals surface area contributed by atoms with Gasteiger partial charge in [-0.25, -0.2) is 4.68 Å². The van der Waals surface area contributed by atoms with E-state index in [1.54, 1.807) is 18.3 Å². The highest BCUT2D eigenvalue weighted by Crippen LogP contribution is 2.27. The maximum Gasteiger partial charge on any atom is 0.251 e. The molecule has 0 spiro atoms. The van der Waals surface area contributed by atoms with Crippen molar-refractivity contribution in [3.63, 3.8) is 0 Å². The first-order chi connectivity index (χ1) is 21.4. The van der Waals surface area contributed by atoms with Gasteiger partial charge in [-0.2, -0.15) is 5.26 Å². The number of carbonyl (C=O) groups is 3. The molecule has 11 nitrogen and oxygen atoms in total. The second-order valence-electron chi connectivity index (χ2n) is 11.0. The Morgan fingerprint density at radius 3 is 2.59 bits per heavy atom. The van der Waals surface area contributed by atoms with E-state index in [1.165, 1.54) is 21.6 Å². The molecule has 2 N–H and O–H groups in total. The molecule has 4 aromatic rings. The molecule has 2 aliphatic rings. The maximum absolute atomic E-state index is 12.8. The molecule has 0 aliphatic carbocycles. The standard InChI is InChI=1S/C32H31N7O4S/c33-17-21-3-7-25(8-4-21)43-26-11-13-38(14-12-26)18-22-1-5-24(6-2-22)34-31(41)16-27-15-23(20-44-27)28-19-39(37-36-28)29-9-10-30(40)35-32(29)42/h1-8,15,19-20,26,29H,9-14,16,18H2,(H,34,41)(H,35,40,42). The highest BCUT2D eigenvalue weighted by molar-refractivity contribution is 7.10. The number of piperidine rings is 2. The number of thiophene rings is 1. The molecule has 2 aromatic heterocycles. The third-order valence-corrected chi connectivity index (χ3v) is 8.73. The number of rotatable bonds is 9. The summed E-state index contributed by atoms with van der Waals surface area (Å²) in [7, 11) is 0. The number of aromatic nitrogens is 3. The summed E-state index contributed by atoms with van der Waals surface area (Å²) in [5.74, 6) is 0.0438. The van der Waals surface area contributed by atoms with Gasteiger partial charge in [-0.05, 0) is 67.3 Å². The number of hydrogen-bond acceptors (Lipinski definition) is 9. The second-order valence-corrected chi connectivity index (χ2v) is 12.0.